The lowest BCUT2D eigenvalue weighted by Gasteiger charge is -2.07. The van der Waals surface area contributed by atoms with Gasteiger partial charge >= 0.3 is 5.97 Å². The van der Waals surface area contributed by atoms with E-state index in [0.29, 0.717) is 5.01 Å². The van der Waals surface area contributed by atoms with Crippen LogP contribution in [0.5, 0.6) is 0 Å². The molecule has 118 valence electrons. The molecule has 1 heterocycles. The number of aryl methyl sites for hydroxylation is 1. The summed E-state index contributed by atoms with van der Waals surface area (Å²) in [6.45, 7) is 1.36. The van der Waals surface area contributed by atoms with Crippen molar-refractivity contribution in [1.29, 1.82) is 5.26 Å². The van der Waals surface area contributed by atoms with E-state index < -0.39 is 24.3 Å². The second-order valence-corrected chi connectivity index (χ2v) is 6.62. The quantitative estimate of drug-likeness (QED) is 0.705. The number of aromatic nitrogens is 1. The number of nitrogens with zero attached hydrogens (tertiary/aromatic N) is 2. The zero-order valence-corrected chi connectivity index (χ0v) is 14.7. The molecule has 2 rings (SSSR count). The van der Waals surface area contributed by atoms with Gasteiger partial charge in [0, 0.05) is 15.5 Å². The largest absolute Gasteiger partial charge is 0.457 e. The van der Waals surface area contributed by atoms with Crippen LogP contribution in [0.3, 0.4) is 0 Å². The van der Waals surface area contributed by atoms with E-state index >= 15 is 0 Å². The Morgan fingerprint density at radius 3 is 2.65 bits per heavy atom. The number of benzene rings is 1. The number of nitriles is 1. The van der Waals surface area contributed by atoms with E-state index in [-0.39, 0.29) is 6.42 Å². The number of ether oxygens (including phenoxy) is 1. The van der Waals surface area contributed by atoms with Gasteiger partial charge in [-0.2, -0.15) is 5.26 Å². The minimum atomic E-state index is -0.991. The molecule has 0 saturated carbocycles. The second-order valence-electron chi connectivity index (χ2n) is 4.82. The molecule has 0 fully saturated rings. The molecule has 1 aromatic carbocycles. The van der Waals surface area contributed by atoms with E-state index in [9.17, 15) is 9.59 Å². The lowest BCUT2D eigenvalue weighted by molar-refractivity contribution is -0.147. The molecule has 0 N–H and O–H groups in total. The molecule has 0 radical (unpaired) electrons. The standard InChI is InChI=1S/C16H13BrN2O3S/c1-10-9-23-16(19-10)13(7-18)14(20)8-22-15(21)6-11-2-4-12(17)5-3-11/h2-5,9,13H,6,8H2,1H3. The number of Topliss-reactive ketones (excluding diaryl/α,β-unsaturated/α-hetero) is 1. The predicted molar refractivity (Wildman–Crippen MR) is 89.0 cm³/mol. The van der Waals surface area contributed by atoms with Crippen LogP contribution in [0.2, 0.25) is 0 Å². The number of esters is 1. The van der Waals surface area contributed by atoms with E-state index in [1.165, 1.54) is 11.3 Å². The van der Waals surface area contributed by atoms with Crippen molar-refractivity contribution in [1.82, 2.24) is 4.98 Å². The molecule has 0 aliphatic rings. The van der Waals surface area contributed by atoms with Gasteiger partial charge < -0.3 is 4.74 Å². The summed E-state index contributed by atoms with van der Waals surface area (Å²) in [4.78, 5) is 28.0. The number of thiazole rings is 1. The minimum absolute atomic E-state index is 0.0775. The highest BCUT2D eigenvalue weighted by Crippen LogP contribution is 2.20. The molecule has 0 spiro atoms. The average Bonchev–Trinajstić information content (AvgIpc) is 2.94. The molecule has 5 nitrogen and oxygen atoms in total. The number of hydrogen-bond donors (Lipinski definition) is 0. The fourth-order valence-electron chi connectivity index (χ4n) is 1.82. The fourth-order valence-corrected chi connectivity index (χ4v) is 2.95. The molecule has 0 saturated heterocycles. The smallest absolute Gasteiger partial charge is 0.310 e. The predicted octanol–water partition coefficient (Wildman–Crippen LogP) is 3.18. The summed E-state index contributed by atoms with van der Waals surface area (Å²) in [5.74, 6) is -1.96. The number of halogens is 1. The zero-order chi connectivity index (χ0) is 16.8. The molecule has 0 bridgehead atoms. The molecular formula is C16H13BrN2O3S. The number of carbonyl (C=O) groups excluding carboxylic acids is 2. The Balaban J connectivity index is 1.89. The number of carbonyl (C=O) groups is 2. The van der Waals surface area contributed by atoms with Crippen molar-refractivity contribution < 1.29 is 14.3 Å². The maximum atomic E-state index is 12.0. The van der Waals surface area contributed by atoms with Gasteiger partial charge in [0.1, 0.15) is 5.01 Å². The Bertz CT molecular complexity index is 749. The molecule has 1 unspecified atom stereocenters. The lowest BCUT2D eigenvalue weighted by atomic mass is 10.1. The van der Waals surface area contributed by atoms with Crippen molar-refractivity contribution in [2.24, 2.45) is 0 Å². The summed E-state index contributed by atoms with van der Waals surface area (Å²) in [5, 5.41) is 11.3. The Morgan fingerprint density at radius 2 is 2.09 bits per heavy atom. The second kappa shape index (κ2) is 7.99. The van der Waals surface area contributed by atoms with Gasteiger partial charge in [-0.1, -0.05) is 28.1 Å². The molecule has 1 aromatic heterocycles. The number of ketones is 1. The van der Waals surface area contributed by atoms with E-state index in [0.717, 1.165) is 15.7 Å². The molecule has 0 aliphatic carbocycles. The van der Waals surface area contributed by atoms with Gasteiger partial charge in [-0.15, -0.1) is 11.3 Å². The summed E-state index contributed by atoms with van der Waals surface area (Å²) in [5.41, 5.74) is 1.54. The lowest BCUT2D eigenvalue weighted by Crippen LogP contribution is -2.20. The molecule has 1 atom stereocenters. The van der Waals surface area contributed by atoms with Gasteiger partial charge in [0.05, 0.1) is 12.5 Å². The van der Waals surface area contributed by atoms with Crippen molar-refractivity contribution in [3.63, 3.8) is 0 Å². The first-order valence-electron chi connectivity index (χ1n) is 6.74. The van der Waals surface area contributed by atoms with Crippen LogP contribution in [0.25, 0.3) is 0 Å². The SMILES string of the molecule is Cc1csc(C(C#N)C(=O)COC(=O)Cc2ccc(Br)cc2)n1. The van der Waals surface area contributed by atoms with Crippen molar-refractivity contribution in [2.45, 2.75) is 19.3 Å². The van der Waals surface area contributed by atoms with Crippen molar-refractivity contribution >= 4 is 39.0 Å². The first-order valence-corrected chi connectivity index (χ1v) is 8.41. The first-order chi connectivity index (χ1) is 11.0. The van der Waals surface area contributed by atoms with Gasteiger partial charge in [0.25, 0.3) is 0 Å². The fraction of sp³-hybridized carbons (Fsp3) is 0.250. The molecule has 0 aliphatic heterocycles. The summed E-state index contributed by atoms with van der Waals surface area (Å²) in [6, 6.07) is 9.15. The van der Waals surface area contributed by atoms with Crippen LogP contribution in [0.15, 0.2) is 34.1 Å². The molecule has 7 heteroatoms. The Labute approximate surface area is 146 Å². The van der Waals surface area contributed by atoms with Gasteiger partial charge in [-0.3, -0.25) is 9.59 Å². The topological polar surface area (TPSA) is 80.0 Å². The highest BCUT2D eigenvalue weighted by Gasteiger charge is 2.24. The Hall–Kier alpha value is -2.04. The van der Waals surface area contributed by atoms with E-state index in [1.54, 1.807) is 24.4 Å². The van der Waals surface area contributed by atoms with Crippen LogP contribution in [0.1, 0.15) is 22.2 Å². The van der Waals surface area contributed by atoms with Crippen LogP contribution < -0.4 is 0 Å². The number of rotatable bonds is 6. The van der Waals surface area contributed by atoms with Gasteiger partial charge in [0.2, 0.25) is 0 Å². The van der Waals surface area contributed by atoms with Crippen molar-refractivity contribution in [3.05, 3.63) is 50.4 Å². The van der Waals surface area contributed by atoms with Crippen LogP contribution in [0, 0.1) is 18.3 Å². The summed E-state index contributed by atoms with van der Waals surface area (Å²) < 4.78 is 5.89. The first kappa shape index (κ1) is 17.3. The third kappa shape index (κ3) is 4.98. The van der Waals surface area contributed by atoms with Gasteiger partial charge in [0.15, 0.2) is 18.3 Å². The van der Waals surface area contributed by atoms with Gasteiger partial charge in [-0.25, -0.2) is 4.98 Å². The highest BCUT2D eigenvalue weighted by molar-refractivity contribution is 9.10. The molecule has 23 heavy (non-hydrogen) atoms. The van der Waals surface area contributed by atoms with Crippen LogP contribution >= 0.6 is 27.3 Å². The molecule has 0 amide bonds. The Morgan fingerprint density at radius 1 is 1.39 bits per heavy atom. The maximum Gasteiger partial charge on any atom is 0.310 e. The van der Waals surface area contributed by atoms with E-state index in [1.807, 2.05) is 18.2 Å². The minimum Gasteiger partial charge on any atom is -0.457 e. The molecule has 2 aromatic rings. The van der Waals surface area contributed by atoms with Crippen molar-refractivity contribution in [3.8, 4) is 6.07 Å². The monoisotopic (exact) mass is 392 g/mol. The van der Waals surface area contributed by atoms with Crippen LogP contribution in [-0.4, -0.2) is 23.3 Å². The summed E-state index contributed by atoms with van der Waals surface area (Å²) in [6.07, 6.45) is 0.0775. The van der Waals surface area contributed by atoms with E-state index in [2.05, 4.69) is 20.9 Å². The van der Waals surface area contributed by atoms with Crippen LogP contribution in [-0.2, 0) is 20.7 Å². The maximum absolute atomic E-state index is 12.0. The highest BCUT2D eigenvalue weighted by atomic mass is 79.9. The average molecular weight is 393 g/mol. The van der Waals surface area contributed by atoms with Gasteiger partial charge in [-0.05, 0) is 24.6 Å². The Kier molecular flexibility index (Phi) is 6.02. The third-order valence-corrected chi connectivity index (χ3v) is 4.53. The zero-order valence-electron chi connectivity index (χ0n) is 12.3. The van der Waals surface area contributed by atoms with Crippen molar-refractivity contribution in [2.75, 3.05) is 6.61 Å². The normalized spacial score (nSPS) is 11.5. The number of hydrogen-bond acceptors (Lipinski definition) is 6. The third-order valence-electron chi connectivity index (χ3n) is 2.97. The van der Waals surface area contributed by atoms with Crippen LogP contribution in [0.4, 0.5) is 0 Å². The summed E-state index contributed by atoms with van der Waals surface area (Å²) >= 11 is 4.56. The summed E-state index contributed by atoms with van der Waals surface area (Å²) in [7, 11) is 0. The van der Waals surface area contributed by atoms with E-state index in [4.69, 9.17) is 10.00 Å². The molecular weight excluding hydrogens is 380 g/mol.